The van der Waals surface area contributed by atoms with Gasteiger partial charge in [0.2, 0.25) is 0 Å². The van der Waals surface area contributed by atoms with Crippen molar-refractivity contribution in [2.45, 2.75) is 18.9 Å². The Kier molecular flexibility index (Phi) is 3.08. The SMILES string of the molecule is N#Cc1ccc(Br)cc1NC1CC=CC1. The van der Waals surface area contributed by atoms with Crippen molar-refractivity contribution in [1.82, 2.24) is 0 Å². The summed E-state index contributed by atoms with van der Waals surface area (Å²) in [4.78, 5) is 0. The summed E-state index contributed by atoms with van der Waals surface area (Å²) >= 11 is 3.41. The molecule has 0 fully saturated rings. The van der Waals surface area contributed by atoms with Crippen molar-refractivity contribution in [3.63, 3.8) is 0 Å². The Labute approximate surface area is 97.7 Å². The fourth-order valence-corrected chi connectivity index (χ4v) is 2.05. The lowest BCUT2D eigenvalue weighted by Crippen LogP contribution is -2.15. The summed E-state index contributed by atoms with van der Waals surface area (Å²) in [5.41, 5.74) is 1.62. The molecule has 1 N–H and O–H groups in total. The molecule has 1 aliphatic rings. The minimum atomic E-state index is 0.436. The number of hydrogen-bond acceptors (Lipinski definition) is 2. The molecule has 0 aromatic heterocycles. The van der Waals surface area contributed by atoms with Crippen LogP contribution in [0.4, 0.5) is 5.69 Å². The van der Waals surface area contributed by atoms with E-state index >= 15 is 0 Å². The fourth-order valence-electron chi connectivity index (χ4n) is 1.69. The first-order chi connectivity index (χ1) is 7.29. The highest BCUT2D eigenvalue weighted by Gasteiger charge is 2.11. The van der Waals surface area contributed by atoms with Gasteiger partial charge < -0.3 is 5.32 Å². The Morgan fingerprint density at radius 2 is 2.07 bits per heavy atom. The molecule has 3 heteroatoms. The van der Waals surface area contributed by atoms with Gasteiger partial charge in [-0.05, 0) is 31.0 Å². The van der Waals surface area contributed by atoms with Crippen LogP contribution in [-0.4, -0.2) is 6.04 Å². The van der Waals surface area contributed by atoms with Gasteiger partial charge in [0.15, 0.2) is 0 Å². The molecule has 0 bridgehead atoms. The fraction of sp³-hybridized carbons (Fsp3) is 0.250. The zero-order valence-corrected chi connectivity index (χ0v) is 9.79. The Morgan fingerprint density at radius 1 is 1.33 bits per heavy atom. The smallest absolute Gasteiger partial charge is 0.101 e. The normalized spacial score (nSPS) is 15.2. The van der Waals surface area contributed by atoms with Gasteiger partial charge in [0.05, 0.1) is 11.3 Å². The van der Waals surface area contributed by atoms with E-state index < -0.39 is 0 Å². The molecule has 1 aromatic rings. The van der Waals surface area contributed by atoms with Gasteiger partial charge in [-0.1, -0.05) is 28.1 Å². The molecular weight excluding hydrogens is 252 g/mol. The van der Waals surface area contributed by atoms with E-state index in [9.17, 15) is 0 Å². The minimum Gasteiger partial charge on any atom is -0.381 e. The number of nitrogens with one attached hydrogen (secondary N) is 1. The standard InChI is InChI=1S/C12H11BrN2/c13-10-6-5-9(8-14)12(7-10)15-11-3-1-2-4-11/h1-2,5-7,11,15H,3-4H2. The first-order valence-corrected chi connectivity index (χ1v) is 5.70. The third-order valence-electron chi connectivity index (χ3n) is 2.47. The molecule has 15 heavy (non-hydrogen) atoms. The lowest BCUT2D eigenvalue weighted by molar-refractivity contribution is 0.786. The first kappa shape index (κ1) is 10.3. The maximum absolute atomic E-state index is 8.96. The Hall–Kier alpha value is -1.27. The highest BCUT2D eigenvalue weighted by atomic mass is 79.9. The van der Waals surface area contributed by atoms with E-state index in [0.29, 0.717) is 11.6 Å². The number of anilines is 1. The molecule has 2 rings (SSSR count). The number of nitriles is 1. The molecule has 0 radical (unpaired) electrons. The van der Waals surface area contributed by atoms with E-state index in [2.05, 4.69) is 39.5 Å². The van der Waals surface area contributed by atoms with Gasteiger partial charge in [0.25, 0.3) is 0 Å². The highest BCUT2D eigenvalue weighted by Crippen LogP contribution is 2.24. The summed E-state index contributed by atoms with van der Waals surface area (Å²) in [5.74, 6) is 0. The van der Waals surface area contributed by atoms with Gasteiger partial charge in [0, 0.05) is 10.5 Å². The van der Waals surface area contributed by atoms with E-state index in [-0.39, 0.29) is 0 Å². The molecule has 1 aliphatic carbocycles. The average Bonchev–Trinajstić information content (AvgIpc) is 2.71. The van der Waals surface area contributed by atoms with Crippen LogP contribution in [0.1, 0.15) is 18.4 Å². The Bertz CT molecular complexity index is 424. The van der Waals surface area contributed by atoms with Crippen LogP contribution in [0, 0.1) is 11.3 Å². The molecule has 0 heterocycles. The van der Waals surface area contributed by atoms with Crippen molar-refractivity contribution < 1.29 is 0 Å². The molecule has 0 saturated carbocycles. The molecule has 1 aromatic carbocycles. The van der Waals surface area contributed by atoms with Crippen molar-refractivity contribution in [2.75, 3.05) is 5.32 Å². The summed E-state index contributed by atoms with van der Waals surface area (Å²) in [6.07, 6.45) is 6.41. The van der Waals surface area contributed by atoms with Gasteiger partial charge in [-0.3, -0.25) is 0 Å². The molecule has 0 atom stereocenters. The third-order valence-corrected chi connectivity index (χ3v) is 2.96. The van der Waals surface area contributed by atoms with Gasteiger partial charge >= 0.3 is 0 Å². The number of rotatable bonds is 2. The van der Waals surface area contributed by atoms with Crippen LogP contribution in [0.3, 0.4) is 0 Å². The maximum Gasteiger partial charge on any atom is 0.101 e. The molecule has 0 aliphatic heterocycles. The van der Waals surface area contributed by atoms with Crippen molar-refractivity contribution in [3.05, 3.63) is 40.4 Å². The van der Waals surface area contributed by atoms with Gasteiger partial charge in [-0.15, -0.1) is 0 Å². The molecular formula is C12H11BrN2. The van der Waals surface area contributed by atoms with Gasteiger partial charge in [0.1, 0.15) is 6.07 Å². The molecule has 0 saturated heterocycles. The lowest BCUT2D eigenvalue weighted by Gasteiger charge is -2.14. The quantitative estimate of drug-likeness (QED) is 0.829. The van der Waals surface area contributed by atoms with E-state index in [4.69, 9.17) is 5.26 Å². The van der Waals surface area contributed by atoms with E-state index in [1.54, 1.807) is 0 Å². The molecule has 2 nitrogen and oxygen atoms in total. The molecule has 76 valence electrons. The van der Waals surface area contributed by atoms with Crippen LogP contribution >= 0.6 is 15.9 Å². The van der Waals surface area contributed by atoms with Crippen LogP contribution in [0.25, 0.3) is 0 Å². The monoisotopic (exact) mass is 262 g/mol. The number of benzene rings is 1. The van der Waals surface area contributed by atoms with Crippen LogP contribution < -0.4 is 5.32 Å². The first-order valence-electron chi connectivity index (χ1n) is 4.91. The van der Waals surface area contributed by atoms with Gasteiger partial charge in [-0.2, -0.15) is 5.26 Å². The highest BCUT2D eigenvalue weighted by molar-refractivity contribution is 9.10. The molecule has 0 unspecified atom stereocenters. The molecule has 0 spiro atoms. The number of halogens is 1. The predicted octanol–water partition coefficient (Wildman–Crippen LogP) is 3.45. The zero-order valence-electron chi connectivity index (χ0n) is 8.20. The maximum atomic E-state index is 8.96. The Morgan fingerprint density at radius 3 is 2.73 bits per heavy atom. The minimum absolute atomic E-state index is 0.436. The summed E-state index contributed by atoms with van der Waals surface area (Å²) in [6.45, 7) is 0. The summed E-state index contributed by atoms with van der Waals surface area (Å²) in [7, 11) is 0. The second-order valence-corrected chi connectivity index (χ2v) is 4.50. The van der Waals surface area contributed by atoms with Crippen molar-refractivity contribution in [3.8, 4) is 6.07 Å². The summed E-state index contributed by atoms with van der Waals surface area (Å²) in [6, 6.07) is 8.30. The van der Waals surface area contributed by atoms with Crippen LogP contribution in [-0.2, 0) is 0 Å². The van der Waals surface area contributed by atoms with Crippen molar-refractivity contribution in [2.24, 2.45) is 0 Å². The number of hydrogen-bond donors (Lipinski definition) is 1. The van der Waals surface area contributed by atoms with Crippen LogP contribution in [0.15, 0.2) is 34.8 Å². The van der Waals surface area contributed by atoms with Crippen LogP contribution in [0.5, 0.6) is 0 Å². The lowest BCUT2D eigenvalue weighted by atomic mass is 10.1. The average molecular weight is 263 g/mol. The van der Waals surface area contributed by atoms with Crippen molar-refractivity contribution in [1.29, 1.82) is 5.26 Å². The van der Waals surface area contributed by atoms with Crippen LogP contribution in [0.2, 0.25) is 0 Å². The second-order valence-electron chi connectivity index (χ2n) is 3.59. The largest absolute Gasteiger partial charge is 0.381 e. The zero-order chi connectivity index (χ0) is 10.7. The van der Waals surface area contributed by atoms with E-state index in [1.165, 1.54) is 0 Å². The van der Waals surface area contributed by atoms with Gasteiger partial charge in [-0.25, -0.2) is 0 Å². The molecule has 0 amide bonds. The third kappa shape index (κ3) is 2.40. The predicted molar refractivity (Wildman–Crippen MR) is 64.6 cm³/mol. The summed E-state index contributed by atoms with van der Waals surface area (Å²) in [5, 5.41) is 12.3. The van der Waals surface area contributed by atoms with E-state index in [1.807, 2.05) is 18.2 Å². The van der Waals surface area contributed by atoms with E-state index in [0.717, 1.165) is 23.0 Å². The number of nitrogens with zero attached hydrogens (tertiary/aromatic N) is 1. The second kappa shape index (κ2) is 4.50. The summed E-state index contributed by atoms with van der Waals surface area (Å²) < 4.78 is 0.995. The Balaban J connectivity index is 2.19. The topological polar surface area (TPSA) is 35.8 Å². The van der Waals surface area contributed by atoms with Crippen molar-refractivity contribution >= 4 is 21.6 Å².